The number of nitrogens with zero attached hydrogens (tertiary/aromatic N) is 3. The van der Waals surface area contributed by atoms with Crippen molar-refractivity contribution in [1.29, 1.82) is 0 Å². The second-order valence-corrected chi connectivity index (χ2v) is 34.9. The van der Waals surface area contributed by atoms with Crippen LogP contribution in [0.4, 0.5) is 51.2 Å². The summed E-state index contributed by atoms with van der Waals surface area (Å²) in [7, 11) is 0. The van der Waals surface area contributed by atoms with Crippen LogP contribution in [0.3, 0.4) is 0 Å². The summed E-state index contributed by atoms with van der Waals surface area (Å²) < 4.78 is 2.73. The fourth-order valence-corrected chi connectivity index (χ4v) is 16.6. The summed E-state index contributed by atoms with van der Waals surface area (Å²) in [5, 5.41) is 1.33. The number of hydrogen-bond donors (Lipinski definition) is 0. The Hall–Kier alpha value is -6.82. The van der Waals surface area contributed by atoms with E-state index in [0.29, 0.717) is 0 Å². The highest BCUT2D eigenvalue weighted by atomic mass is 32.1. The Morgan fingerprint density at radius 1 is 0.409 bits per heavy atom. The second-order valence-electron chi connectivity index (χ2n) is 33.8. The molecule has 0 unspecified atom stereocenters. The van der Waals surface area contributed by atoms with E-state index < -0.39 is 0 Å². The van der Waals surface area contributed by atoms with Crippen molar-refractivity contribution in [3.8, 4) is 11.1 Å². The molecule has 4 aliphatic rings. The fraction of sp³-hybridized carbons (Fsp3) is 0.398. The SMILES string of the molecule is Cc1cc2c3c(c1)N(c1ccc4c(c1)C(C)(C)CCC4(C)C)c1c(sc4ccc(C(C)(C)C)cc14)B3c1ccc(N(c3ccc(C(C)(C)C)cc3)c3ccc(C(C)(C)C)cc3)cc1N2c1ccc(C(C)(C)C)cc1-c1ccc2c(c1)C(C)(C)CCC2(C)C. The zero-order valence-corrected chi connectivity index (χ0v) is 57.9. The lowest BCUT2D eigenvalue weighted by Gasteiger charge is -2.45. The van der Waals surface area contributed by atoms with Gasteiger partial charge in [-0.2, -0.15) is 0 Å². The predicted octanol–water partition coefficient (Wildman–Crippen LogP) is 22.3. The van der Waals surface area contributed by atoms with Crippen LogP contribution in [-0.2, 0) is 43.3 Å². The molecule has 0 spiro atoms. The molecule has 5 heteroatoms. The van der Waals surface area contributed by atoms with Gasteiger partial charge in [0.15, 0.2) is 0 Å². The quantitative estimate of drug-likeness (QED) is 0.154. The Kier molecular flexibility index (Phi) is 13.7. The van der Waals surface area contributed by atoms with Crippen LogP contribution >= 0.6 is 11.3 Å². The molecule has 0 radical (unpaired) electrons. The number of thiophene rings is 1. The third-order valence-electron chi connectivity index (χ3n) is 21.3. The van der Waals surface area contributed by atoms with E-state index >= 15 is 0 Å². The van der Waals surface area contributed by atoms with Gasteiger partial charge in [0.05, 0.1) is 11.4 Å². The van der Waals surface area contributed by atoms with Gasteiger partial charge in [-0.05, 0) is 227 Å². The smallest absolute Gasteiger partial charge is 0.264 e. The Labute approximate surface area is 533 Å². The molecule has 0 fully saturated rings. The lowest BCUT2D eigenvalue weighted by atomic mass is 9.36. The topological polar surface area (TPSA) is 9.72 Å². The summed E-state index contributed by atoms with van der Waals surface area (Å²) in [6.07, 6.45) is 4.68. The summed E-state index contributed by atoms with van der Waals surface area (Å²) in [6.45, 7) is 50.1. The van der Waals surface area contributed by atoms with Gasteiger partial charge in [0.25, 0.3) is 6.71 Å². The third-order valence-corrected chi connectivity index (χ3v) is 22.5. The average molecular weight is 1180 g/mol. The first-order valence-electron chi connectivity index (χ1n) is 32.9. The maximum Gasteiger partial charge on any atom is 0.264 e. The molecule has 0 saturated heterocycles. The van der Waals surface area contributed by atoms with Crippen molar-refractivity contribution in [2.45, 2.75) is 214 Å². The van der Waals surface area contributed by atoms with Crippen LogP contribution < -0.4 is 30.4 Å². The molecule has 3 heterocycles. The number of benzene rings is 8. The average Bonchev–Trinajstić information content (AvgIpc) is 1.18. The molecular formula is C83H96BN3S. The molecular weight excluding hydrogens is 1080 g/mol. The van der Waals surface area contributed by atoms with Gasteiger partial charge in [0, 0.05) is 60.2 Å². The highest BCUT2D eigenvalue weighted by Crippen LogP contribution is 2.55. The maximum absolute atomic E-state index is 2.72. The van der Waals surface area contributed by atoms with E-state index in [1.165, 1.54) is 134 Å². The number of fused-ring (bicyclic) bond motifs is 8. The number of hydrogen-bond acceptors (Lipinski definition) is 4. The van der Waals surface area contributed by atoms with Crippen molar-refractivity contribution < 1.29 is 0 Å². The lowest BCUT2D eigenvalue weighted by molar-refractivity contribution is 0.332. The van der Waals surface area contributed by atoms with Crippen LogP contribution in [0.25, 0.3) is 21.2 Å². The molecule has 8 aromatic carbocycles. The van der Waals surface area contributed by atoms with Gasteiger partial charge >= 0.3 is 0 Å². The van der Waals surface area contributed by atoms with Gasteiger partial charge in [-0.1, -0.05) is 205 Å². The summed E-state index contributed by atoms with van der Waals surface area (Å²) >= 11 is 2.01. The summed E-state index contributed by atoms with van der Waals surface area (Å²) in [5.41, 5.74) is 28.8. The van der Waals surface area contributed by atoms with Crippen molar-refractivity contribution in [2.24, 2.45) is 0 Å². The molecule has 0 N–H and O–H groups in total. The molecule has 0 atom stereocenters. The Morgan fingerprint density at radius 2 is 0.875 bits per heavy atom. The minimum absolute atomic E-state index is 0.0153. The Bertz CT molecular complexity index is 4210. The maximum atomic E-state index is 2.72. The molecule has 452 valence electrons. The molecule has 1 aromatic heterocycles. The van der Waals surface area contributed by atoms with Crippen LogP contribution in [0.2, 0.25) is 0 Å². The van der Waals surface area contributed by atoms with Crippen LogP contribution in [0, 0.1) is 6.92 Å². The van der Waals surface area contributed by atoms with Gasteiger partial charge < -0.3 is 14.7 Å². The van der Waals surface area contributed by atoms with Gasteiger partial charge in [-0.15, -0.1) is 11.3 Å². The molecule has 2 aliphatic heterocycles. The molecule has 2 aliphatic carbocycles. The first kappa shape index (κ1) is 60.1. The Morgan fingerprint density at radius 3 is 1.42 bits per heavy atom. The standard InChI is InChI=1S/C83H96BN3S/c1-51-44-70-73-71(45-51)87(68-38-27-55(78(8,9)10)47-61(68)52-22-35-63-65(46-52)82(18,19)42-40-80(63,14)15)69-50-60(85(57-29-23-53(24-30-57)76(2,3)4)58-31-25-54(26-32-58)77(5,6)7)34-37-67(69)84(73)75-74(62-48-56(79(11,12)13)28-39-72(62)88-75)86(70)59-33-36-64-66(49-59)83(20,21)43-41-81(64,16)17/h22-39,44-50H,40-43H2,1-21H3. The summed E-state index contributed by atoms with van der Waals surface area (Å²) in [4.78, 5) is 7.94. The van der Waals surface area contributed by atoms with Gasteiger partial charge in [-0.25, -0.2) is 0 Å². The largest absolute Gasteiger partial charge is 0.311 e. The van der Waals surface area contributed by atoms with Crippen LogP contribution in [-0.4, -0.2) is 6.71 Å². The minimum atomic E-state index is -0.0848. The van der Waals surface area contributed by atoms with Crippen LogP contribution in [0.1, 0.15) is 214 Å². The first-order chi connectivity index (χ1) is 41.0. The van der Waals surface area contributed by atoms with Gasteiger partial charge in [-0.3, -0.25) is 0 Å². The molecule has 3 nitrogen and oxygen atoms in total. The normalized spacial score (nSPS) is 17.3. The van der Waals surface area contributed by atoms with E-state index in [9.17, 15) is 0 Å². The van der Waals surface area contributed by atoms with Crippen molar-refractivity contribution in [3.63, 3.8) is 0 Å². The lowest BCUT2D eigenvalue weighted by Crippen LogP contribution is -2.60. The fourth-order valence-electron chi connectivity index (χ4n) is 15.3. The molecule has 0 bridgehead atoms. The molecule has 0 saturated carbocycles. The zero-order chi connectivity index (χ0) is 63.0. The number of aryl methyl sites for hydroxylation is 1. The van der Waals surface area contributed by atoms with E-state index in [-0.39, 0.29) is 50.0 Å². The molecule has 13 rings (SSSR count). The molecule has 88 heavy (non-hydrogen) atoms. The number of anilines is 9. The first-order valence-corrected chi connectivity index (χ1v) is 33.8. The third kappa shape index (κ3) is 9.98. The molecule has 0 amide bonds. The van der Waals surface area contributed by atoms with E-state index in [1.807, 2.05) is 11.3 Å². The van der Waals surface area contributed by atoms with E-state index in [1.54, 1.807) is 0 Å². The zero-order valence-electron chi connectivity index (χ0n) is 57.1. The van der Waals surface area contributed by atoms with Crippen molar-refractivity contribution in [3.05, 3.63) is 202 Å². The van der Waals surface area contributed by atoms with Crippen LogP contribution in [0.5, 0.6) is 0 Å². The van der Waals surface area contributed by atoms with Crippen molar-refractivity contribution in [1.82, 2.24) is 0 Å². The van der Waals surface area contributed by atoms with E-state index in [0.717, 1.165) is 29.9 Å². The highest BCUT2D eigenvalue weighted by molar-refractivity contribution is 7.33. The van der Waals surface area contributed by atoms with E-state index in [4.69, 9.17) is 0 Å². The van der Waals surface area contributed by atoms with Crippen molar-refractivity contribution >= 4 is 95.0 Å². The van der Waals surface area contributed by atoms with E-state index in [2.05, 4.69) is 312 Å². The highest BCUT2D eigenvalue weighted by Gasteiger charge is 2.47. The van der Waals surface area contributed by atoms with Gasteiger partial charge in [0.2, 0.25) is 0 Å². The number of rotatable bonds is 6. The second kappa shape index (κ2) is 20.1. The van der Waals surface area contributed by atoms with Crippen LogP contribution in [0.15, 0.2) is 152 Å². The van der Waals surface area contributed by atoms with Crippen molar-refractivity contribution in [2.75, 3.05) is 14.7 Å². The summed E-state index contributed by atoms with van der Waals surface area (Å²) in [6, 6.07) is 61.3. The molecule has 9 aromatic rings. The Balaban J connectivity index is 1.14. The minimum Gasteiger partial charge on any atom is -0.311 e. The monoisotopic (exact) mass is 1180 g/mol. The summed E-state index contributed by atoms with van der Waals surface area (Å²) in [5.74, 6) is 0. The van der Waals surface area contributed by atoms with Gasteiger partial charge in [0.1, 0.15) is 0 Å². The predicted molar refractivity (Wildman–Crippen MR) is 386 cm³/mol.